The third kappa shape index (κ3) is 2.89. The highest BCUT2D eigenvalue weighted by Crippen LogP contribution is 2.31. The predicted octanol–water partition coefficient (Wildman–Crippen LogP) is 4.15. The molecule has 0 saturated carbocycles. The summed E-state index contributed by atoms with van der Waals surface area (Å²) in [6.45, 7) is 2.18. The van der Waals surface area contributed by atoms with Crippen molar-refractivity contribution < 1.29 is 9.13 Å². The summed E-state index contributed by atoms with van der Waals surface area (Å²) in [6.07, 6.45) is 0. The lowest BCUT2D eigenvalue weighted by atomic mass is 10.2. The van der Waals surface area contributed by atoms with E-state index in [1.165, 1.54) is 6.07 Å². The van der Waals surface area contributed by atoms with Crippen molar-refractivity contribution in [3.63, 3.8) is 0 Å². The van der Waals surface area contributed by atoms with Gasteiger partial charge in [0.05, 0.1) is 4.47 Å². The summed E-state index contributed by atoms with van der Waals surface area (Å²) < 4.78 is 19.8. The van der Waals surface area contributed by atoms with E-state index in [1.807, 2.05) is 18.2 Å². The second-order valence-corrected chi connectivity index (χ2v) is 4.84. The molecule has 0 atom stereocenters. The minimum atomic E-state index is -0.276. The van der Waals surface area contributed by atoms with Crippen LogP contribution in [0.25, 0.3) is 0 Å². The van der Waals surface area contributed by atoms with Crippen LogP contribution in [-0.2, 0) is 6.54 Å². The number of ether oxygens (including phenoxy) is 1. The summed E-state index contributed by atoms with van der Waals surface area (Å²) in [7, 11) is 0. The average molecular weight is 310 g/mol. The van der Waals surface area contributed by atoms with E-state index in [2.05, 4.69) is 15.9 Å². The first-order chi connectivity index (χ1) is 8.60. The van der Waals surface area contributed by atoms with E-state index in [4.69, 9.17) is 10.5 Å². The van der Waals surface area contributed by atoms with Gasteiger partial charge in [0.25, 0.3) is 0 Å². The van der Waals surface area contributed by atoms with Gasteiger partial charge in [-0.15, -0.1) is 0 Å². The number of halogens is 2. The van der Waals surface area contributed by atoms with Gasteiger partial charge in [-0.25, -0.2) is 4.39 Å². The van der Waals surface area contributed by atoms with Crippen molar-refractivity contribution in [2.75, 3.05) is 0 Å². The van der Waals surface area contributed by atoms with Crippen LogP contribution in [-0.4, -0.2) is 0 Å². The minimum absolute atomic E-state index is 0.276. The number of benzene rings is 2. The number of nitrogens with two attached hydrogens (primary N) is 1. The van der Waals surface area contributed by atoms with E-state index in [1.54, 1.807) is 19.1 Å². The third-order valence-electron chi connectivity index (χ3n) is 2.60. The molecule has 2 N–H and O–H groups in total. The molecule has 0 unspecified atom stereocenters. The van der Waals surface area contributed by atoms with Crippen molar-refractivity contribution in [2.45, 2.75) is 13.5 Å². The maximum atomic E-state index is 13.4. The molecule has 2 nitrogen and oxygen atoms in total. The van der Waals surface area contributed by atoms with Gasteiger partial charge in [-0.2, -0.15) is 0 Å². The zero-order valence-corrected chi connectivity index (χ0v) is 11.5. The Labute approximate surface area is 114 Å². The van der Waals surface area contributed by atoms with Gasteiger partial charge in [0.1, 0.15) is 17.3 Å². The number of rotatable bonds is 3. The molecular formula is C14H13BrFNO. The van der Waals surface area contributed by atoms with Crippen molar-refractivity contribution in [3.8, 4) is 11.5 Å². The maximum Gasteiger partial charge on any atom is 0.141 e. The van der Waals surface area contributed by atoms with Crippen LogP contribution in [0, 0.1) is 12.7 Å². The highest BCUT2D eigenvalue weighted by atomic mass is 79.9. The summed E-state index contributed by atoms with van der Waals surface area (Å²) in [5, 5.41) is 0. The Balaban J connectivity index is 2.25. The van der Waals surface area contributed by atoms with E-state index in [-0.39, 0.29) is 5.82 Å². The van der Waals surface area contributed by atoms with E-state index >= 15 is 0 Å². The lowest BCUT2D eigenvalue weighted by molar-refractivity contribution is 0.473. The summed E-state index contributed by atoms with van der Waals surface area (Å²) in [6, 6.07) is 10.4. The second kappa shape index (κ2) is 5.50. The van der Waals surface area contributed by atoms with E-state index in [0.29, 0.717) is 23.6 Å². The zero-order chi connectivity index (χ0) is 13.1. The Kier molecular flexibility index (Phi) is 3.99. The Hall–Kier alpha value is -1.39. The van der Waals surface area contributed by atoms with Gasteiger partial charge in [-0.1, -0.05) is 12.1 Å². The molecule has 0 amide bonds. The van der Waals surface area contributed by atoms with Crippen LogP contribution in [0.15, 0.2) is 40.9 Å². The molecule has 0 aliphatic rings. The molecule has 0 aliphatic heterocycles. The van der Waals surface area contributed by atoms with Crippen molar-refractivity contribution >= 4 is 15.9 Å². The highest BCUT2D eigenvalue weighted by molar-refractivity contribution is 9.10. The van der Waals surface area contributed by atoms with Gasteiger partial charge in [-0.3, -0.25) is 0 Å². The zero-order valence-electron chi connectivity index (χ0n) is 9.91. The minimum Gasteiger partial charge on any atom is -0.456 e. The highest BCUT2D eigenvalue weighted by Gasteiger charge is 2.05. The fourth-order valence-corrected chi connectivity index (χ4v) is 2.03. The molecule has 0 radical (unpaired) electrons. The van der Waals surface area contributed by atoms with Crippen LogP contribution in [0.4, 0.5) is 4.39 Å². The Morgan fingerprint density at radius 2 is 2.00 bits per heavy atom. The van der Waals surface area contributed by atoms with Crippen molar-refractivity contribution in [1.29, 1.82) is 0 Å². The molecule has 18 heavy (non-hydrogen) atoms. The Bertz CT molecular complexity index is 572. The normalized spacial score (nSPS) is 10.4. The molecule has 0 fully saturated rings. The lowest BCUT2D eigenvalue weighted by Gasteiger charge is -2.09. The van der Waals surface area contributed by atoms with Gasteiger partial charge < -0.3 is 10.5 Å². The number of hydrogen-bond acceptors (Lipinski definition) is 2. The van der Waals surface area contributed by atoms with Crippen LogP contribution in [0.2, 0.25) is 0 Å². The molecule has 0 bridgehead atoms. The predicted molar refractivity (Wildman–Crippen MR) is 73.2 cm³/mol. The van der Waals surface area contributed by atoms with Gasteiger partial charge in [0.15, 0.2) is 0 Å². The second-order valence-electron chi connectivity index (χ2n) is 3.98. The molecule has 2 aromatic rings. The summed E-state index contributed by atoms with van der Waals surface area (Å²) in [5.41, 5.74) is 7.15. The van der Waals surface area contributed by atoms with Gasteiger partial charge in [0.2, 0.25) is 0 Å². The fourth-order valence-electron chi connectivity index (χ4n) is 1.52. The molecule has 0 aromatic heterocycles. The van der Waals surface area contributed by atoms with E-state index in [0.717, 1.165) is 10.0 Å². The molecular weight excluding hydrogens is 297 g/mol. The Morgan fingerprint density at radius 3 is 2.61 bits per heavy atom. The average Bonchev–Trinajstić information content (AvgIpc) is 2.36. The van der Waals surface area contributed by atoms with Gasteiger partial charge >= 0.3 is 0 Å². The van der Waals surface area contributed by atoms with Crippen LogP contribution in [0.1, 0.15) is 11.1 Å². The molecule has 4 heteroatoms. The first-order valence-electron chi connectivity index (χ1n) is 5.52. The monoisotopic (exact) mass is 309 g/mol. The topological polar surface area (TPSA) is 35.2 Å². The Morgan fingerprint density at radius 1 is 1.22 bits per heavy atom. The molecule has 94 valence electrons. The van der Waals surface area contributed by atoms with E-state index < -0.39 is 0 Å². The molecule has 0 saturated heterocycles. The summed E-state index contributed by atoms with van der Waals surface area (Å²) in [4.78, 5) is 0. The summed E-state index contributed by atoms with van der Waals surface area (Å²) in [5.74, 6) is 0.831. The van der Waals surface area contributed by atoms with Crippen LogP contribution >= 0.6 is 15.9 Å². The largest absolute Gasteiger partial charge is 0.456 e. The maximum absolute atomic E-state index is 13.4. The number of hydrogen-bond donors (Lipinski definition) is 1. The first kappa shape index (κ1) is 13.1. The smallest absolute Gasteiger partial charge is 0.141 e. The van der Waals surface area contributed by atoms with Gasteiger partial charge in [0, 0.05) is 12.6 Å². The fraction of sp³-hybridized carbons (Fsp3) is 0.143. The quantitative estimate of drug-likeness (QED) is 0.924. The van der Waals surface area contributed by atoms with E-state index in [9.17, 15) is 4.39 Å². The third-order valence-corrected chi connectivity index (χ3v) is 3.22. The van der Waals surface area contributed by atoms with Crippen molar-refractivity contribution in [2.24, 2.45) is 5.73 Å². The molecule has 2 aromatic carbocycles. The van der Waals surface area contributed by atoms with Crippen LogP contribution < -0.4 is 10.5 Å². The van der Waals surface area contributed by atoms with Crippen molar-refractivity contribution in [3.05, 3.63) is 57.8 Å². The van der Waals surface area contributed by atoms with Crippen LogP contribution in [0.5, 0.6) is 11.5 Å². The number of aryl methyl sites for hydroxylation is 1. The molecule has 0 spiro atoms. The molecule has 0 aliphatic carbocycles. The van der Waals surface area contributed by atoms with Gasteiger partial charge in [-0.05, 0) is 52.2 Å². The summed E-state index contributed by atoms with van der Waals surface area (Å²) >= 11 is 3.40. The lowest BCUT2D eigenvalue weighted by Crippen LogP contribution is -1.96. The van der Waals surface area contributed by atoms with Crippen LogP contribution in [0.3, 0.4) is 0 Å². The standard InChI is InChI=1S/C14H13BrFNO/c1-9-2-4-11(7-13(9)16)18-14-5-3-10(8-17)6-12(14)15/h2-7H,8,17H2,1H3. The SMILES string of the molecule is Cc1ccc(Oc2ccc(CN)cc2Br)cc1F. The van der Waals surface area contributed by atoms with Crippen molar-refractivity contribution in [1.82, 2.24) is 0 Å². The molecule has 0 heterocycles. The molecule has 2 rings (SSSR count). The first-order valence-corrected chi connectivity index (χ1v) is 6.32.